The van der Waals surface area contributed by atoms with Crippen LogP contribution in [-0.2, 0) is 16.1 Å². The lowest BCUT2D eigenvalue weighted by atomic mass is 9.81. The van der Waals surface area contributed by atoms with Crippen molar-refractivity contribution in [2.75, 3.05) is 0 Å². The van der Waals surface area contributed by atoms with Crippen molar-refractivity contribution in [1.82, 2.24) is 10.0 Å². The Morgan fingerprint density at radius 3 is 2.13 bits per heavy atom. The summed E-state index contributed by atoms with van der Waals surface area (Å²) in [6.45, 7) is 0.0769. The molecule has 0 unspecified atom stereocenters. The first-order valence-electron chi connectivity index (χ1n) is 10.1. The minimum Gasteiger partial charge on any atom is -0.272 e. The number of benzene rings is 2. The highest BCUT2D eigenvalue weighted by Gasteiger charge is 2.62. The number of hydrazine groups is 1. The number of amides is 3. The molecule has 1 aliphatic heterocycles. The summed E-state index contributed by atoms with van der Waals surface area (Å²) in [6.07, 6.45) is 2.90. The molecule has 5 nitrogen and oxygen atoms in total. The van der Waals surface area contributed by atoms with Gasteiger partial charge in [0.05, 0.1) is 29.0 Å². The standard InChI is InChI=1S/C23H20Cl2N2O3/c24-16-9-5-13(6-10-16)12-26(21(28)17-3-1-2-4-18(17)25)27-22(29)19-14-7-8-15(11-14)20(19)23(27)30/h1-6,9-10,14-15,19-20H,7-8,11-12H2/t14-,15-,19-,20+/m0/s1. The van der Waals surface area contributed by atoms with Crippen LogP contribution in [0.2, 0.25) is 10.0 Å². The molecule has 154 valence electrons. The minimum absolute atomic E-state index is 0.0769. The van der Waals surface area contributed by atoms with E-state index in [1.165, 1.54) is 5.01 Å². The van der Waals surface area contributed by atoms with Crippen LogP contribution < -0.4 is 0 Å². The van der Waals surface area contributed by atoms with Gasteiger partial charge in [0.1, 0.15) is 0 Å². The summed E-state index contributed by atoms with van der Waals surface area (Å²) < 4.78 is 0. The number of hydrogen-bond acceptors (Lipinski definition) is 3. The second kappa shape index (κ2) is 7.40. The largest absolute Gasteiger partial charge is 0.274 e. The molecule has 2 bridgehead atoms. The van der Waals surface area contributed by atoms with E-state index in [4.69, 9.17) is 23.2 Å². The van der Waals surface area contributed by atoms with Gasteiger partial charge in [0.25, 0.3) is 17.7 Å². The first-order chi connectivity index (χ1) is 14.5. The molecule has 5 rings (SSSR count). The molecule has 0 spiro atoms. The van der Waals surface area contributed by atoms with Gasteiger partial charge in [0.15, 0.2) is 0 Å². The molecule has 2 aliphatic carbocycles. The van der Waals surface area contributed by atoms with E-state index in [0.29, 0.717) is 5.02 Å². The number of carbonyl (C=O) groups is 3. The molecule has 3 amide bonds. The highest BCUT2D eigenvalue weighted by molar-refractivity contribution is 6.34. The average Bonchev–Trinajstić information content (AvgIpc) is 3.42. The molecule has 2 saturated carbocycles. The van der Waals surface area contributed by atoms with Crippen LogP contribution in [0, 0.1) is 23.7 Å². The van der Waals surface area contributed by atoms with E-state index < -0.39 is 5.91 Å². The third-order valence-corrected chi connectivity index (χ3v) is 7.31. The van der Waals surface area contributed by atoms with Crippen LogP contribution >= 0.6 is 23.2 Å². The highest BCUT2D eigenvalue weighted by Crippen LogP contribution is 2.56. The van der Waals surface area contributed by atoms with Crippen molar-refractivity contribution >= 4 is 40.9 Å². The molecule has 30 heavy (non-hydrogen) atoms. The maximum Gasteiger partial charge on any atom is 0.274 e. The Morgan fingerprint density at radius 2 is 1.53 bits per heavy atom. The summed E-state index contributed by atoms with van der Waals surface area (Å²) in [4.78, 5) is 40.2. The Balaban J connectivity index is 1.53. The average molecular weight is 443 g/mol. The van der Waals surface area contributed by atoms with Crippen LogP contribution in [-0.4, -0.2) is 27.7 Å². The molecule has 1 heterocycles. The molecule has 0 radical (unpaired) electrons. The van der Waals surface area contributed by atoms with Gasteiger partial charge in [-0.15, -0.1) is 0 Å². The van der Waals surface area contributed by atoms with E-state index >= 15 is 0 Å². The zero-order chi connectivity index (χ0) is 21.0. The predicted molar refractivity (Wildman–Crippen MR) is 112 cm³/mol. The molecule has 7 heteroatoms. The lowest BCUT2D eigenvalue weighted by molar-refractivity contribution is -0.156. The van der Waals surface area contributed by atoms with Crippen molar-refractivity contribution in [3.8, 4) is 0 Å². The zero-order valence-corrected chi connectivity index (χ0v) is 17.6. The van der Waals surface area contributed by atoms with Crippen molar-refractivity contribution in [2.24, 2.45) is 23.7 Å². The third-order valence-electron chi connectivity index (χ3n) is 6.73. The van der Waals surface area contributed by atoms with E-state index in [-0.39, 0.29) is 52.6 Å². The molecular weight excluding hydrogens is 423 g/mol. The molecule has 3 fully saturated rings. The monoisotopic (exact) mass is 442 g/mol. The summed E-state index contributed by atoms with van der Waals surface area (Å²) in [5, 5.41) is 3.21. The minimum atomic E-state index is -0.468. The quantitative estimate of drug-likeness (QED) is 0.650. The third kappa shape index (κ3) is 3.03. The van der Waals surface area contributed by atoms with Gasteiger partial charge in [-0.3, -0.25) is 14.4 Å². The van der Waals surface area contributed by atoms with Crippen LogP contribution in [0.25, 0.3) is 0 Å². The summed E-state index contributed by atoms with van der Waals surface area (Å²) in [5.41, 5.74) is 1.02. The Kier molecular flexibility index (Phi) is 4.83. The van der Waals surface area contributed by atoms with E-state index in [2.05, 4.69) is 0 Å². The van der Waals surface area contributed by atoms with Crippen molar-refractivity contribution in [1.29, 1.82) is 0 Å². The van der Waals surface area contributed by atoms with E-state index in [9.17, 15) is 14.4 Å². The number of carbonyl (C=O) groups excluding carboxylic acids is 3. The van der Waals surface area contributed by atoms with Gasteiger partial charge in [-0.25, -0.2) is 5.01 Å². The summed E-state index contributed by atoms with van der Waals surface area (Å²) in [7, 11) is 0. The molecule has 4 atom stereocenters. The summed E-state index contributed by atoms with van der Waals surface area (Å²) in [5.74, 6) is -1.10. The second-order valence-electron chi connectivity index (χ2n) is 8.34. The van der Waals surface area contributed by atoms with Crippen molar-refractivity contribution in [3.05, 3.63) is 69.7 Å². The first-order valence-corrected chi connectivity index (χ1v) is 10.9. The second-order valence-corrected chi connectivity index (χ2v) is 9.19. The molecule has 0 aromatic heterocycles. The number of halogens is 2. The van der Waals surface area contributed by atoms with Gasteiger partial charge in [0, 0.05) is 5.02 Å². The van der Waals surface area contributed by atoms with Crippen molar-refractivity contribution in [2.45, 2.75) is 25.8 Å². The number of nitrogens with zero attached hydrogens (tertiary/aromatic N) is 2. The molecule has 2 aromatic rings. The fourth-order valence-corrected chi connectivity index (χ4v) is 5.74. The normalized spacial score (nSPS) is 26.9. The van der Waals surface area contributed by atoms with E-state index in [0.717, 1.165) is 29.8 Å². The number of rotatable bonds is 4. The highest BCUT2D eigenvalue weighted by atomic mass is 35.5. The molecule has 2 aromatic carbocycles. The topological polar surface area (TPSA) is 57.7 Å². The van der Waals surface area contributed by atoms with Crippen LogP contribution in [0.5, 0.6) is 0 Å². The van der Waals surface area contributed by atoms with Gasteiger partial charge in [0.2, 0.25) is 0 Å². The van der Waals surface area contributed by atoms with Crippen molar-refractivity contribution in [3.63, 3.8) is 0 Å². The molecule has 3 aliphatic rings. The number of imide groups is 1. The maximum absolute atomic E-state index is 13.5. The molecular formula is C23H20Cl2N2O3. The Bertz CT molecular complexity index is 1010. The number of fused-ring (bicyclic) bond motifs is 5. The Morgan fingerprint density at radius 1 is 0.933 bits per heavy atom. The zero-order valence-electron chi connectivity index (χ0n) is 16.1. The van der Waals surface area contributed by atoms with Gasteiger partial charge >= 0.3 is 0 Å². The van der Waals surface area contributed by atoms with Gasteiger partial charge < -0.3 is 0 Å². The van der Waals surface area contributed by atoms with Crippen LogP contribution in [0.1, 0.15) is 35.2 Å². The fraction of sp³-hybridized carbons (Fsp3) is 0.348. The van der Waals surface area contributed by atoms with Crippen molar-refractivity contribution < 1.29 is 14.4 Å². The predicted octanol–water partition coefficient (Wildman–Crippen LogP) is 4.58. The van der Waals surface area contributed by atoms with Gasteiger partial charge in [-0.05, 0) is 60.9 Å². The maximum atomic E-state index is 13.5. The van der Waals surface area contributed by atoms with Crippen LogP contribution in [0.3, 0.4) is 0 Å². The van der Waals surface area contributed by atoms with Gasteiger partial charge in [-0.1, -0.05) is 47.5 Å². The SMILES string of the molecule is O=C(c1ccccc1Cl)N(Cc1ccc(Cl)cc1)N1C(=O)[C@@H]2[C@H]3CC[C@@H](C3)[C@@H]2C1=O. The Hall–Kier alpha value is -2.37. The first kappa shape index (κ1) is 19.6. The lowest BCUT2D eigenvalue weighted by Crippen LogP contribution is -2.50. The Labute approximate surface area is 184 Å². The van der Waals surface area contributed by atoms with Crippen LogP contribution in [0.4, 0.5) is 0 Å². The summed E-state index contributed by atoms with van der Waals surface area (Å²) >= 11 is 12.3. The molecule has 0 N–H and O–H groups in total. The van der Waals surface area contributed by atoms with E-state index in [1.807, 2.05) is 0 Å². The van der Waals surface area contributed by atoms with Crippen LogP contribution in [0.15, 0.2) is 48.5 Å². The smallest absolute Gasteiger partial charge is 0.272 e. The van der Waals surface area contributed by atoms with Gasteiger partial charge in [-0.2, -0.15) is 5.01 Å². The lowest BCUT2D eigenvalue weighted by Gasteiger charge is -2.31. The van der Waals surface area contributed by atoms with E-state index in [1.54, 1.807) is 48.5 Å². The fourth-order valence-electron chi connectivity index (χ4n) is 5.40. The summed E-state index contributed by atoms with van der Waals surface area (Å²) in [6, 6.07) is 13.7. The molecule has 1 saturated heterocycles. The number of hydrogen-bond donors (Lipinski definition) is 0.